The fourth-order valence-corrected chi connectivity index (χ4v) is 2.69. The molecule has 1 aromatic rings. The molecule has 0 bridgehead atoms. The third-order valence-electron chi connectivity index (χ3n) is 3.66. The van der Waals surface area contributed by atoms with Crippen LogP contribution in [0.4, 0.5) is 0 Å². The Bertz CT molecular complexity index is 414. The first-order chi connectivity index (χ1) is 9.30. The van der Waals surface area contributed by atoms with Crippen molar-refractivity contribution in [2.24, 2.45) is 0 Å². The Morgan fingerprint density at radius 3 is 2.42 bits per heavy atom. The van der Waals surface area contributed by atoms with Crippen molar-refractivity contribution in [2.45, 2.75) is 31.7 Å². The average Bonchev–Trinajstić information content (AvgIpc) is 2.47. The third kappa shape index (κ3) is 3.13. The molecule has 1 unspecified atom stereocenters. The number of rotatable bonds is 5. The number of benzene rings is 1. The number of hydrogen-bond acceptors (Lipinski definition) is 4. The minimum atomic E-state index is 0.528. The summed E-state index contributed by atoms with van der Waals surface area (Å²) >= 11 is 0. The molecule has 1 saturated heterocycles. The van der Waals surface area contributed by atoms with Gasteiger partial charge in [-0.3, -0.25) is 0 Å². The third-order valence-corrected chi connectivity index (χ3v) is 3.66. The van der Waals surface area contributed by atoms with E-state index in [4.69, 9.17) is 14.2 Å². The second-order valence-corrected chi connectivity index (χ2v) is 4.84. The lowest BCUT2D eigenvalue weighted by molar-refractivity contribution is 0.319. The Labute approximate surface area is 115 Å². The summed E-state index contributed by atoms with van der Waals surface area (Å²) in [7, 11) is 4.96. The molecule has 0 radical (unpaired) electrons. The van der Waals surface area contributed by atoms with E-state index in [0.29, 0.717) is 17.5 Å². The van der Waals surface area contributed by atoms with Gasteiger partial charge < -0.3 is 19.5 Å². The van der Waals surface area contributed by atoms with Crippen LogP contribution in [0.1, 0.15) is 24.8 Å². The minimum Gasteiger partial charge on any atom is -0.493 e. The van der Waals surface area contributed by atoms with Crippen LogP contribution in [0.25, 0.3) is 0 Å². The molecule has 106 valence electrons. The van der Waals surface area contributed by atoms with E-state index in [1.807, 2.05) is 6.07 Å². The molecule has 1 aromatic carbocycles. The Hall–Kier alpha value is -1.42. The van der Waals surface area contributed by atoms with Crippen molar-refractivity contribution < 1.29 is 14.2 Å². The molecule has 1 fully saturated rings. The summed E-state index contributed by atoms with van der Waals surface area (Å²) in [6.45, 7) is 1.11. The first-order valence-corrected chi connectivity index (χ1v) is 6.81. The van der Waals surface area contributed by atoms with Crippen LogP contribution in [0.5, 0.6) is 17.2 Å². The largest absolute Gasteiger partial charge is 0.493 e. The molecule has 1 heterocycles. The average molecular weight is 265 g/mol. The Balaban J connectivity index is 2.23. The van der Waals surface area contributed by atoms with Crippen molar-refractivity contribution in [3.05, 3.63) is 17.7 Å². The molecular weight excluding hydrogens is 242 g/mol. The van der Waals surface area contributed by atoms with Gasteiger partial charge >= 0.3 is 0 Å². The van der Waals surface area contributed by atoms with Crippen molar-refractivity contribution in [1.29, 1.82) is 0 Å². The van der Waals surface area contributed by atoms with E-state index >= 15 is 0 Å². The standard InChI is InChI=1S/C15H23NO3/c1-17-13-8-7-11(14(18-2)15(13)19-3)10-12-6-4-5-9-16-12/h7-8,12,16H,4-6,9-10H2,1-3H3. The maximum atomic E-state index is 5.52. The topological polar surface area (TPSA) is 39.7 Å². The molecule has 1 aliphatic rings. The second-order valence-electron chi connectivity index (χ2n) is 4.84. The van der Waals surface area contributed by atoms with E-state index in [2.05, 4.69) is 11.4 Å². The van der Waals surface area contributed by atoms with Gasteiger partial charge in [0, 0.05) is 6.04 Å². The van der Waals surface area contributed by atoms with E-state index in [0.717, 1.165) is 18.7 Å². The molecule has 4 heteroatoms. The highest BCUT2D eigenvalue weighted by molar-refractivity contribution is 5.56. The molecule has 0 spiro atoms. The summed E-state index contributed by atoms with van der Waals surface area (Å²) < 4.78 is 16.2. The van der Waals surface area contributed by atoms with Crippen molar-refractivity contribution in [1.82, 2.24) is 5.32 Å². The van der Waals surface area contributed by atoms with Crippen LogP contribution in [0.15, 0.2) is 12.1 Å². The molecule has 1 atom stereocenters. The highest BCUT2D eigenvalue weighted by atomic mass is 16.5. The Morgan fingerprint density at radius 1 is 1.05 bits per heavy atom. The van der Waals surface area contributed by atoms with Gasteiger partial charge in [-0.05, 0) is 37.4 Å². The molecular formula is C15H23NO3. The molecule has 1 N–H and O–H groups in total. The molecule has 0 saturated carbocycles. The van der Waals surface area contributed by atoms with Gasteiger partial charge in [-0.1, -0.05) is 12.5 Å². The van der Waals surface area contributed by atoms with Gasteiger partial charge in [0.1, 0.15) is 0 Å². The van der Waals surface area contributed by atoms with Crippen molar-refractivity contribution in [3.8, 4) is 17.2 Å². The zero-order chi connectivity index (χ0) is 13.7. The molecule has 2 rings (SSSR count). The highest BCUT2D eigenvalue weighted by Crippen LogP contribution is 2.40. The maximum Gasteiger partial charge on any atom is 0.203 e. The molecule has 0 aliphatic carbocycles. The van der Waals surface area contributed by atoms with Gasteiger partial charge in [-0.25, -0.2) is 0 Å². The Kier molecular flexibility index (Phi) is 4.91. The van der Waals surface area contributed by atoms with Crippen LogP contribution in [0, 0.1) is 0 Å². The number of ether oxygens (including phenoxy) is 3. The first-order valence-electron chi connectivity index (χ1n) is 6.81. The van der Waals surface area contributed by atoms with E-state index in [1.54, 1.807) is 21.3 Å². The molecule has 0 amide bonds. The Morgan fingerprint density at radius 2 is 1.84 bits per heavy atom. The van der Waals surface area contributed by atoms with E-state index in [9.17, 15) is 0 Å². The van der Waals surface area contributed by atoms with E-state index in [-0.39, 0.29) is 0 Å². The van der Waals surface area contributed by atoms with Crippen LogP contribution in [-0.2, 0) is 6.42 Å². The van der Waals surface area contributed by atoms with Crippen LogP contribution < -0.4 is 19.5 Å². The zero-order valence-electron chi connectivity index (χ0n) is 12.0. The first kappa shape index (κ1) is 14.0. The number of nitrogens with one attached hydrogen (secondary N) is 1. The van der Waals surface area contributed by atoms with Crippen LogP contribution >= 0.6 is 0 Å². The summed E-state index contributed by atoms with van der Waals surface area (Å²) in [4.78, 5) is 0. The number of methoxy groups -OCH3 is 3. The fourth-order valence-electron chi connectivity index (χ4n) is 2.69. The zero-order valence-corrected chi connectivity index (χ0v) is 12.0. The van der Waals surface area contributed by atoms with Gasteiger partial charge in [0.2, 0.25) is 5.75 Å². The monoisotopic (exact) mass is 265 g/mol. The fraction of sp³-hybridized carbons (Fsp3) is 0.600. The van der Waals surface area contributed by atoms with Gasteiger partial charge in [-0.15, -0.1) is 0 Å². The van der Waals surface area contributed by atoms with Gasteiger partial charge in [-0.2, -0.15) is 0 Å². The summed E-state index contributed by atoms with van der Waals surface area (Å²) in [5.41, 5.74) is 1.17. The number of hydrogen-bond donors (Lipinski definition) is 1. The minimum absolute atomic E-state index is 0.528. The SMILES string of the molecule is COc1ccc(CC2CCCCN2)c(OC)c1OC. The quantitative estimate of drug-likeness (QED) is 0.887. The highest BCUT2D eigenvalue weighted by Gasteiger charge is 2.19. The molecule has 4 nitrogen and oxygen atoms in total. The second kappa shape index (κ2) is 6.66. The lowest BCUT2D eigenvalue weighted by Gasteiger charge is -2.25. The van der Waals surface area contributed by atoms with Gasteiger partial charge in [0.05, 0.1) is 21.3 Å². The lowest BCUT2D eigenvalue weighted by Crippen LogP contribution is -2.35. The van der Waals surface area contributed by atoms with Crippen LogP contribution in [0.2, 0.25) is 0 Å². The summed E-state index contributed by atoms with van der Waals surface area (Å²) in [6.07, 6.45) is 4.76. The van der Waals surface area contributed by atoms with E-state index in [1.165, 1.54) is 24.8 Å². The van der Waals surface area contributed by atoms with Crippen molar-refractivity contribution in [3.63, 3.8) is 0 Å². The summed E-state index contributed by atoms with van der Waals surface area (Å²) in [6, 6.07) is 4.54. The molecule has 0 aromatic heterocycles. The van der Waals surface area contributed by atoms with E-state index < -0.39 is 0 Å². The predicted molar refractivity (Wildman–Crippen MR) is 75.4 cm³/mol. The predicted octanol–water partition coefficient (Wildman–Crippen LogP) is 2.40. The van der Waals surface area contributed by atoms with Crippen LogP contribution in [-0.4, -0.2) is 33.9 Å². The lowest BCUT2D eigenvalue weighted by atomic mass is 9.97. The summed E-state index contributed by atoms with van der Waals surface area (Å²) in [5.74, 6) is 2.17. The molecule has 1 aliphatic heterocycles. The number of piperidine rings is 1. The van der Waals surface area contributed by atoms with Crippen molar-refractivity contribution >= 4 is 0 Å². The normalized spacial score (nSPS) is 19.0. The van der Waals surface area contributed by atoms with Crippen LogP contribution in [0.3, 0.4) is 0 Å². The summed E-state index contributed by atoms with van der Waals surface area (Å²) in [5, 5.41) is 3.56. The van der Waals surface area contributed by atoms with Crippen molar-refractivity contribution in [2.75, 3.05) is 27.9 Å². The maximum absolute atomic E-state index is 5.52. The van der Waals surface area contributed by atoms with Gasteiger partial charge in [0.25, 0.3) is 0 Å². The smallest absolute Gasteiger partial charge is 0.203 e. The van der Waals surface area contributed by atoms with Gasteiger partial charge in [0.15, 0.2) is 11.5 Å². The molecule has 19 heavy (non-hydrogen) atoms.